The van der Waals surface area contributed by atoms with Crippen LogP contribution in [0, 0.1) is 11.8 Å². The number of rotatable bonds is 3. The average Bonchev–Trinajstić information content (AvgIpc) is 2.85. The highest BCUT2D eigenvalue weighted by Gasteiger charge is 2.31. The van der Waals surface area contributed by atoms with Crippen molar-refractivity contribution in [1.82, 2.24) is 5.32 Å². The molecule has 2 aliphatic rings. The van der Waals surface area contributed by atoms with E-state index in [-0.39, 0.29) is 29.2 Å². The van der Waals surface area contributed by atoms with Crippen molar-refractivity contribution in [3.63, 3.8) is 0 Å². The highest BCUT2D eigenvalue weighted by atomic mass is 16.6. The Balaban J connectivity index is 2.53. The van der Waals surface area contributed by atoms with Gasteiger partial charge in [0.25, 0.3) is 5.91 Å². The number of fused-ring (bicyclic) bond motifs is 2. The van der Waals surface area contributed by atoms with E-state index in [1.807, 2.05) is 6.92 Å². The number of amides is 2. The Bertz CT molecular complexity index is 1080. The number of nitrogens with two attached hydrogens (primary N) is 1. The molecule has 0 aromatic heterocycles. The predicted molar refractivity (Wildman–Crippen MR) is 141 cm³/mol. The molecule has 0 radical (unpaired) electrons. The zero-order valence-corrected chi connectivity index (χ0v) is 22.7. The predicted octanol–water partition coefficient (Wildman–Crippen LogP) is 2.43. The second-order valence-electron chi connectivity index (χ2n) is 9.79. The summed E-state index contributed by atoms with van der Waals surface area (Å²) in [4.78, 5) is 49.7. The summed E-state index contributed by atoms with van der Waals surface area (Å²) in [6.45, 7) is 6.98. The van der Waals surface area contributed by atoms with Gasteiger partial charge in [-0.3, -0.25) is 14.4 Å². The number of aliphatic hydroxyl groups excluding tert-OH is 1. The standard InChI is InChI=1S/C28H38N2O8/c1-15-10-19-13-20(31)14-21(25(19)33)30-27(34)16(2)8-7-9-22(36-5)26(38-28(29)35)18(4)12-17(3)24(32)23(11-15)37-6/h7-9,12-15,17,22-24,26,32H,10-11H2,1-6H3,(H2,29,35)(H,30,34)/b9-7?,16-8+,18-12-/t15-,17+,22+,23+,24-,26?/m0/s1. The van der Waals surface area contributed by atoms with Crippen LogP contribution in [0.1, 0.15) is 40.5 Å². The van der Waals surface area contributed by atoms with Gasteiger partial charge in [-0.05, 0) is 44.3 Å². The number of primary amides is 1. The van der Waals surface area contributed by atoms with Crippen LogP contribution in [0.15, 0.2) is 58.9 Å². The van der Waals surface area contributed by atoms with Crippen molar-refractivity contribution < 1.29 is 38.5 Å². The second-order valence-corrected chi connectivity index (χ2v) is 9.79. The first-order chi connectivity index (χ1) is 17.9. The smallest absolute Gasteiger partial charge is 0.405 e. The Kier molecular flexibility index (Phi) is 11.4. The normalized spacial score (nSPS) is 32.8. The largest absolute Gasteiger partial charge is 0.439 e. The molecule has 1 aliphatic carbocycles. The number of hydrogen-bond donors (Lipinski definition) is 3. The molecule has 0 fully saturated rings. The number of hydrogen-bond acceptors (Lipinski definition) is 8. The van der Waals surface area contributed by atoms with Crippen LogP contribution in [0.25, 0.3) is 0 Å². The third-order valence-corrected chi connectivity index (χ3v) is 6.61. The van der Waals surface area contributed by atoms with Crippen LogP contribution in [0.3, 0.4) is 0 Å². The third-order valence-electron chi connectivity index (χ3n) is 6.61. The summed E-state index contributed by atoms with van der Waals surface area (Å²) in [5.74, 6) is -1.93. The molecule has 4 N–H and O–H groups in total. The van der Waals surface area contributed by atoms with Gasteiger partial charge in [0.1, 0.15) is 6.10 Å². The monoisotopic (exact) mass is 530 g/mol. The van der Waals surface area contributed by atoms with Crippen molar-refractivity contribution in [3.05, 3.63) is 58.9 Å². The van der Waals surface area contributed by atoms with E-state index in [1.165, 1.54) is 26.4 Å². The van der Waals surface area contributed by atoms with Gasteiger partial charge < -0.3 is 30.4 Å². The molecule has 1 unspecified atom stereocenters. The van der Waals surface area contributed by atoms with Crippen molar-refractivity contribution in [2.45, 2.75) is 65.0 Å². The van der Waals surface area contributed by atoms with Crippen molar-refractivity contribution >= 4 is 23.6 Å². The summed E-state index contributed by atoms with van der Waals surface area (Å²) in [6.07, 6.45) is 5.27. The molecular weight excluding hydrogens is 492 g/mol. The lowest BCUT2D eigenvalue weighted by atomic mass is 9.86. The van der Waals surface area contributed by atoms with Crippen molar-refractivity contribution in [2.75, 3.05) is 14.2 Å². The number of methoxy groups -OCH3 is 2. The molecule has 2 amide bonds. The number of nitrogens with one attached hydrogen (secondary N) is 1. The van der Waals surface area contributed by atoms with Crippen molar-refractivity contribution in [1.29, 1.82) is 0 Å². The first-order valence-corrected chi connectivity index (χ1v) is 12.4. The third kappa shape index (κ3) is 8.34. The van der Waals surface area contributed by atoms with Crippen LogP contribution in [-0.2, 0) is 28.6 Å². The fraction of sp³-hybridized carbons (Fsp3) is 0.500. The number of carbonyl (C=O) groups excluding carboxylic acids is 4. The lowest BCUT2D eigenvalue weighted by molar-refractivity contribution is -0.120. The van der Waals surface area contributed by atoms with Gasteiger partial charge in [0, 0.05) is 37.4 Å². The van der Waals surface area contributed by atoms with Gasteiger partial charge in [0.15, 0.2) is 11.9 Å². The number of Topliss-reactive ketones (excluding diaryl/α,β-unsaturated/α-hetero) is 1. The van der Waals surface area contributed by atoms with Gasteiger partial charge in [-0.25, -0.2) is 4.79 Å². The summed E-state index contributed by atoms with van der Waals surface area (Å²) in [6, 6.07) is 0. The molecule has 0 aromatic carbocycles. The van der Waals surface area contributed by atoms with E-state index in [1.54, 1.807) is 39.0 Å². The molecule has 2 bridgehead atoms. The summed E-state index contributed by atoms with van der Waals surface area (Å²) in [5.41, 5.74) is 6.35. The maximum Gasteiger partial charge on any atom is 0.405 e. The number of aliphatic hydroxyl groups is 1. The van der Waals surface area contributed by atoms with Crippen LogP contribution < -0.4 is 11.1 Å². The molecule has 0 spiro atoms. The Morgan fingerprint density at radius 2 is 1.79 bits per heavy atom. The van der Waals surface area contributed by atoms with Gasteiger partial charge in [0.05, 0.1) is 17.9 Å². The van der Waals surface area contributed by atoms with Gasteiger partial charge >= 0.3 is 6.09 Å². The molecular formula is C28H38N2O8. The van der Waals surface area contributed by atoms with E-state index in [4.69, 9.17) is 19.9 Å². The molecule has 0 saturated carbocycles. The first-order valence-electron chi connectivity index (χ1n) is 12.4. The van der Waals surface area contributed by atoms with Crippen molar-refractivity contribution in [3.8, 4) is 0 Å². The maximum atomic E-state index is 13.0. The highest BCUT2D eigenvalue weighted by Crippen LogP contribution is 2.27. The quantitative estimate of drug-likeness (QED) is 0.371. The molecule has 0 aromatic rings. The van der Waals surface area contributed by atoms with E-state index in [0.29, 0.717) is 12.0 Å². The van der Waals surface area contributed by atoms with Crippen LogP contribution in [0.2, 0.25) is 0 Å². The molecule has 10 nitrogen and oxygen atoms in total. The lowest BCUT2D eigenvalue weighted by Gasteiger charge is -2.29. The minimum absolute atomic E-state index is 0.0965. The average molecular weight is 531 g/mol. The minimum Gasteiger partial charge on any atom is -0.439 e. The van der Waals surface area contributed by atoms with Gasteiger partial charge in [-0.1, -0.05) is 38.2 Å². The Labute approximate surface area is 223 Å². The van der Waals surface area contributed by atoms with Crippen LogP contribution in [0.5, 0.6) is 0 Å². The number of ketones is 2. The van der Waals surface area contributed by atoms with Gasteiger partial charge in [-0.15, -0.1) is 0 Å². The highest BCUT2D eigenvalue weighted by molar-refractivity contribution is 6.21. The van der Waals surface area contributed by atoms with Gasteiger partial charge in [-0.2, -0.15) is 0 Å². The van der Waals surface area contributed by atoms with E-state index in [9.17, 15) is 24.3 Å². The lowest BCUT2D eigenvalue weighted by Crippen LogP contribution is -2.37. The van der Waals surface area contributed by atoms with Crippen LogP contribution in [0.4, 0.5) is 4.79 Å². The first kappa shape index (κ1) is 30.9. The topological polar surface area (TPSA) is 154 Å². The molecule has 208 valence electrons. The molecule has 6 atom stereocenters. The summed E-state index contributed by atoms with van der Waals surface area (Å²) in [5, 5.41) is 13.6. The molecule has 10 heteroatoms. The SMILES string of the molecule is CO[C@@H]1C=C/C=C(\C)C(=O)NC2=CC(=O)C=C(C[C@H](C)C[C@@H](OC)[C@@H](O)[C@H](C)/C=C(/C)C1OC(N)=O)C2=O. The summed E-state index contributed by atoms with van der Waals surface area (Å²) in [7, 11) is 2.92. The summed E-state index contributed by atoms with van der Waals surface area (Å²) < 4.78 is 16.4. The molecule has 2 rings (SSSR count). The van der Waals surface area contributed by atoms with E-state index in [2.05, 4.69) is 5.32 Å². The second kappa shape index (κ2) is 14.0. The van der Waals surface area contributed by atoms with E-state index >= 15 is 0 Å². The van der Waals surface area contributed by atoms with Crippen LogP contribution in [-0.4, -0.2) is 67.3 Å². The minimum atomic E-state index is -0.993. The fourth-order valence-corrected chi connectivity index (χ4v) is 4.53. The number of carbonyl (C=O) groups is 4. The fourth-order valence-electron chi connectivity index (χ4n) is 4.53. The zero-order valence-electron chi connectivity index (χ0n) is 22.7. The maximum absolute atomic E-state index is 13.0. The number of ether oxygens (including phenoxy) is 3. The number of allylic oxidation sites excluding steroid dienone is 5. The Morgan fingerprint density at radius 3 is 2.39 bits per heavy atom. The van der Waals surface area contributed by atoms with Crippen LogP contribution >= 0.6 is 0 Å². The molecule has 38 heavy (non-hydrogen) atoms. The van der Waals surface area contributed by atoms with E-state index < -0.39 is 53.9 Å². The van der Waals surface area contributed by atoms with Gasteiger partial charge in [0.2, 0.25) is 5.78 Å². The zero-order chi connectivity index (χ0) is 28.6. The molecule has 0 saturated heterocycles. The Morgan fingerprint density at radius 1 is 1.11 bits per heavy atom. The van der Waals surface area contributed by atoms with E-state index in [0.717, 1.165) is 6.08 Å². The Hall–Kier alpha value is -3.34. The summed E-state index contributed by atoms with van der Waals surface area (Å²) >= 11 is 0. The molecule has 1 heterocycles. The molecule has 1 aliphatic heterocycles. The van der Waals surface area contributed by atoms with Crippen molar-refractivity contribution in [2.24, 2.45) is 17.6 Å².